The second kappa shape index (κ2) is 8.74. The molecule has 0 unspecified atom stereocenters. The maximum Gasteiger partial charge on any atom is 0.303 e. The highest BCUT2D eigenvalue weighted by molar-refractivity contribution is 9.10. The van der Waals surface area contributed by atoms with Crippen LogP contribution in [0.3, 0.4) is 0 Å². The molecule has 0 saturated carbocycles. The number of halogens is 1. The highest BCUT2D eigenvalue weighted by atomic mass is 79.9. The Hall–Kier alpha value is -1.30. The average molecular weight is 332 g/mol. The largest absolute Gasteiger partial charge is 0.481 e. The minimum Gasteiger partial charge on any atom is -0.481 e. The fourth-order valence-corrected chi connectivity index (χ4v) is 2.00. The highest BCUT2D eigenvalue weighted by Gasteiger charge is 2.07. The van der Waals surface area contributed by atoms with Crippen LogP contribution in [-0.4, -0.2) is 23.5 Å². The monoisotopic (exact) mass is 331 g/mol. The molecule has 0 spiro atoms. The molecule has 0 atom stereocenters. The molecule has 1 rings (SSSR count). The van der Waals surface area contributed by atoms with E-state index >= 15 is 0 Å². The summed E-state index contributed by atoms with van der Waals surface area (Å²) in [6, 6.07) is 1.63. The van der Waals surface area contributed by atoms with Gasteiger partial charge < -0.3 is 14.8 Å². The number of carboxylic acids is 1. The first-order valence-corrected chi connectivity index (χ1v) is 7.13. The molecule has 0 aliphatic rings. The quantitative estimate of drug-likeness (QED) is 0.681. The van der Waals surface area contributed by atoms with Gasteiger partial charge in [0, 0.05) is 19.0 Å². The van der Waals surface area contributed by atoms with E-state index in [9.17, 15) is 9.59 Å². The summed E-state index contributed by atoms with van der Waals surface area (Å²) in [6.07, 6.45) is 6.20. The lowest BCUT2D eigenvalue weighted by Crippen LogP contribution is -2.23. The predicted molar refractivity (Wildman–Crippen MR) is 74.1 cm³/mol. The molecule has 0 aromatic carbocycles. The number of rotatable bonds is 9. The van der Waals surface area contributed by atoms with E-state index in [-0.39, 0.29) is 12.3 Å². The number of nitrogens with one attached hydrogen (secondary N) is 1. The number of carbonyl (C=O) groups is 2. The first-order valence-electron chi connectivity index (χ1n) is 6.33. The van der Waals surface area contributed by atoms with Gasteiger partial charge in [-0.05, 0) is 28.8 Å². The number of carboxylic acid groups (broad SMARTS) is 1. The third-order valence-electron chi connectivity index (χ3n) is 2.68. The maximum absolute atomic E-state index is 11.6. The molecule has 2 N–H and O–H groups in total. The highest BCUT2D eigenvalue weighted by Crippen LogP contribution is 2.13. The summed E-state index contributed by atoms with van der Waals surface area (Å²) in [5.41, 5.74) is 0.508. The summed E-state index contributed by atoms with van der Waals surface area (Å²) in [4.78, 5) is 21.9. The van der Waals surface area contributed by atoms with Gasteiger partial charge in [0.2, 0.25) is 0 Å². The van der Waals surface area contributed by atoms with Crippen LogP contribution in [0.5, 0.6) is 0 Å². The number of hydrogen-bond donors (Lipinski definition) is 2. The van der Waals surface area contributed by atoms with E-state index in [2.05, 4.69) is 21.2 Å². The fraction of sp³-hybridized carbons (Fsp3) is 0.538. The molecule has 0 aliphatic carbocycles. The van der Waals surface area contributed by atoms with E-state index in [1.807, 2.05) is 0 Å². The molecular weight excluding hydrogens is 314 g/mol. The van der Waals surface area contributed by atoms with Crippen LogP contribution in [0.4, 0.5) is 0 Å². The molecule has 1 aromatic rings. The van der Waals surface area contributed by atoms with Crippen LogP contribution in [0.25, 0.3) is 0 Å². The number of aliphatic carboxylic acids is 1. The lowest BCUT2D eigenvalue weighted by Gasteiger charge is -2.03. The topological polar surface area (TPSA) is 79.5 Å². The molecule has 0 fully saturated rings. The lowest BCUT2D eigenvalue weighted by molar-refractivity contribution is -0.137. The van der Waals surface area contributed by atoms with Crippen molar-refractivity contribution in [3.63, 3.8) is 0 Å². The van der Waals surface area contributed by atoms with Crippen molar-refractivity contribution >= 4 is 27.8 Å². The Morgan fingerprint density at radius 2 is 1.89 bits per heavy atom. The van der Waals surface area contributed by atoms with E-state index < -0.39 is 5.97 Å². The van der Waals surface area contributed by atoms with Gasteiger partial charge in [0.1, 0.15) is 6.26 Å². The molecule has 106 valence electrons. The molecular formula is C13H18BrNO4. The fourth-order valence-electron chi connectivity index (χ4n) is 1.66. The Kier molecular flexibility index (Phi) is 7.25. The summed E-state index contributed by atoms with van der Waals surface area (Å²) in [7, 11) is 0. The van der Waals surface area contributed by atoms with E-state index in [1.54, 1.807) is 6.07 Å². The van der Waals surface area contributed by atoms with Crippen LogP contribution in [0.15, 0.2) is 21.4 Å². The van der Waals surface area contributed by atoms with E-state index in [4.69, 9.17) is 9.52 Å². The lowest BCUT2D eigenvalue weighted by atomic mass is 10.1. The van der Waals surface area contributed by atoms with Gasteiger partial charge in [-0.2, -0.15) is 0 Å². The van der Waals surface area contributed by atoms with Crippen molar-refractivity contribution in [2.75, 3.05) is 6.54 Å². The van der Waals surface area contributed by atoms with E-state index in [0.29, 0.717) is 16.8 Å². The van der Waals surface area contributed by atoms with Gasteiger partial charge in [0.25, 0.3) is 5.91 Å². The van der Waals surface area contributed by atoms with Crippen LogP contribution in [0, 0.1) is 0 Å². The molecule has 1 aromatic heterocycles. The van der Waals surface area contributed by atoms with Crippen LogP contribution < -0.4 is 5.32 Å². The van der Waals surface area contributed by atoms with Crippen molar-refractivity contribution in [2.24, 2.45) is 0 Å². The summed E-state index contributed by atoms with van der Waals surface area (Å²) < 4.78 is 5.52. The van der Waals surface area contributed by atoms with Gasteiger partial charge in [-0.25, -0.2) is 0 Å². The van der Waals surface area contributed by atoms with Crippen molar-refractivity contribution in [3.05, 3.63) is 22.6 Å². The second-order valence-corrected chi connectivity index (χ2v) is 5.09. The predicted octanol–water partition coefficient (Wildman–Crippen LogP) is 3.20. The van der Waals surface area contributed by atoms with Crippen LogP contribution >= 0.6 is 15.9 Å². The Labute approximate surface area is 120 Å². The van der Waals surface area contributed by atoms with Gasteiger partial charge in [-0.3, -0.25) is 9.59 Å². The first-order chi connectivity index (χ1) is 9.09. The summed E-state index contributed by atoms with van der Waals surface area (Å²) in [5, 5.41) is 11.3. The van der Waals surface area contributed by atoms with Gasteiger partial charge >= 0.3 is 5.97 Å². The normalized spacial score (nSPS) is 10.4. The number of unbranched alkanes of at least 4 members (excludes halogenated alkanes) is 4. The van der Waals surface area contributed by atoms with Gasteiger partial charge in [-0.15, -0.1) is 0 Å². The van der Waals surface area contributed by atoms with Gasteiger partial charge in [0.05, 0.1) is 5.56 Å². The zero-order valence-electron chi connectivity index (χ0n) is 10.7. The van der Waals surface area contributed by atoms with E-state index in [0.717, 1.165) is 32.1 Å². The van der Waals surface area contributed by atoms with Crippen molar-refractivity contribution in [1.82, 2.24) is 5.32 Å². The van der Waals surface area contributed by atoms with Crippen LogP contribution in [-0.2, 0) is 4.79 Å². The molecule has 5 nitrogen and oxygen atoms in total. The molecule has 0 radical (unpaired) electrons. The number of furan rings is 1. The molecule has 1 amide bonds. The molecule has 0 bridgehead atoms. The molecule has 0 saturated heterocycles. The second-order valence-electron chi connectivity index (χ2n) is 4.31. The Bertz CT molecular complexity index is 417. The molecule has 0 aliphatic heterocycles. The van der Waals surface area contributed by atoms with Gasteiger partial charge in [0.15, 0.2) is 4.67 Å². The van der Waals surface area contributed by atoms with Crippen LogP contribution in [0.2, 0.25) is 0 Å². The third kappa shape index (κ3) is 7.00. The summed E-state index contributed by atoms with van der Waals surface area (Å²) >= 11 is 3.14. The van der Waals surface area contributed by atoms with Gasteiger partial charge in [-0.1, -0.05) is 19.3 Å². The number of carbonyl (C=O) groups excluding carboxylic acids is 1. The standard InChI is InChI=1S/C13H18BrNO4/c14-11-8-10(9-19-11)13(18)15-7-5-3-1-2-4-6-12(16)17/h8-9H,1-7H2,(H,15,18)(H,16,17). The summed E-state index contributed by atoms with van der Waals surface area (Å²) in [5.74, 6) is -0.876. The Balaban J connectivity index is 1.99. The van der Waals surface area contributed by atoms with Crippen molar-refractivity contribution in [2.45, 2.75) is 38.5 Å². The molecule has 19 heavy (non-hydrogen) atoms. The van der Waals surface area contributed by atoms with E-state index in [1.165, 1.54) is 6.26 Å². The SMILES string of the molecule is O=C(O)CCCCCCCNC(=O)c1coc(Br)c1. The Morgan fingerprint density at radius 1 is 1.21 bits per heavy atom. The van der Waals surface area contributed by atoms with Crippen molar-refractivity contribution < 1.29 is 19.1 Å². The van der Waals surface area contributed by atoms with Crippen molar-refractivity contribution in [3.8, 4) is 0 Å². The smallest absolute Gasteiger partial charge is 0.303 e. The maximum atomic E-state index is 11.6. The minimum absolute atomic E-state index is 0.139. The number of hydrogen-bond acceptors (Lipinski definition) is 3. The van der Waals surface area contributed by atoms with Crippen LogP contribution in [0.1, 0.15) is 48.9 Å². The zero-order valence-corrected chi connectivity index (χ0v) is 12.2. The molecule has 6 heteroatoms. The minimum atomic E-state index is -0.737. The third-order valence-corrected chi connectivity index (χ3v) is 3.10. The molecule has 1 heterocycles. The average Bonchev–Trinajstić information content (AvgIpc) is 2.78. The Morgan fingerprint density at radius 3 is 2.53 bits per heavy atom. The number of amides is 1. The summed E-state index contributed by atoms with van der Waals surface area (Å²) in [6.45, 7) is 0.626. The first kappa shape index (κ1) is 15.8. The van der Waals surface area contributed by atoms with Crippen molar-refractivity contribution in [1.29, 1.82) is 0 Å². The zero-order chi connectivity index (χ0) is 14.1.